The lowest BCUT2D eigenvalue weighted by atomic mass is 10.1. The zero-order chi connectivity index (χ0) is 17.4. The molecule has 2 aromatic rings. The Kier molecular flexibility index (Phi) is 6.69. The van der Waals surface area contributed by atoms with Crippen LogP contribution in [-0.4, -0.2) is 45.2 Å². The average Bonchev–Trinajstić information content (AvgIpc) is 3.09. The highest BCUT2D eigenvalue weighted by Gasteiger charge is 2.17. The van der Waals surface area contributed by atoms with Crippen molar-refractivity contribution in [2.75, 3.05) is 34.3 Å². The van der Waals surface area contributed by atoms with Crippen LogP contribution in [0, 0.1) is 0 Å². The molecule has 0 spiro atoms. The number of methoxy groups -OCH3 is 1. The number of amides is 2. The van der Waals surface area contributed by atoms with E-state index in [9.17, 15) is 4.79 Å². The lowest BCUT2D eigenvalue weighted by molar-refractivity contribution is 0.225. The number of urea groups is 1. The van der Waals surface area contributed by atoms with Crippen molar-refractivity contribution in [3.8, 4) is 5.75 Å². The summed E-state index contributed by atoms with van der Waals surface area (Å²) in [6, 6.07) is 11.4. The van der Waals surface area contributed by atoms with Gasteiger partial charge in [0.05, 0.1) is 19.4 Å². The first-order chi connectivity index (χ1) is 11.6. The summed E-state index contributed by atoms with van der Waals surface area (Å²) in [4.78, 5) is 14.0. The van der Waals surface area contributed by atoms with Crippen LogP contribution in [0.15, 0.2) is 47.1 Å². The van der Waals surface area contributed by atoms with Crippen LogP contribution in [0.1, 0.15) is 17.4 Å². The fraction of sp³-hybridized carbons (Fsp3) is 0.389. The molecule has 1 aromatic heterocycles. The van der Waals surface area contributed by atoms with Crippen LogP contribution < -0.4 is 15.4 Å². The molecular formula is C18H25N3O3. The fourth-order valence-electron chi connectivity index (χ4n) is 2.42. The Bertz CT molecular complexity index is 626. The SMILES string of the molecule is COc1cccc(CCNC(=O)NCC(c2ccco2)N(C)C)c1. The fourth-order valence-corrected chi connectivity index (χ4v) is 2.42. The highest BCUT2D eigenvalue weighted by molar-refractivity contribution is 5.73. The van der Waals surface area contributed by atoms with Crippen molar-refractivity contribution < 1.29 is 13.9 Å². The third-order valence-electron chi connectivity index (χ3n) is 3.78. The van der Waals surface area contributed by atoms with E-state index in [1.54, 1.807) is 13.4 Å². The van der Waals surface area contributed by atoms with Crippen molar-refractivity contribution in [2.45, 2.75) is 12.5 Å². The molecule has 2 N–H and O–H groups in total. The van der Waals surface area contributed by atoms with Gasteiger partial charge in [-0.2, -0.15) is 0 Å². The maximum absolute atomic E-state index is 12.0. The normalized spacial score (nSPS) is 12.0. The van der Waals surface area contributed by atoms with E-state index >= 15 is 0 Å². The first kappa shape index (κ1) is 17.9. The zero-order valence-corrected chi connectivity index (χ0v) is 14.4. The molecule has 0 aliphatic heterocycles. The average molecular weight is 331 g/mol. The van der Waals surface area contributed by atoms with Gasteiger partial charge < -0.3 is 19.8 Å². The number of hydrogen-bond acceptors (Lipinski definition) is 4. The van der Waals surface area contributed by atoms with Crippen molar-refractivity contribution in [3.05, 3.63) is 54.0 Å². The molecule has 1 unspecified atom stereocenters. The van der Waals surface area contributed by atoms with Gasteiger partial charge in [0, 0.05) is 13.1 Å². The Labute approximate surface area is 142 Å². The summed E-state index contributed by atoms with van der Waals surface area (Å²) in [7, 11) is 5.55. The smallest absolute Gasteiger partial charge is 0.314 e. The monoisotopic (exact) mass is 331 g/mol. The molecule has 24 heavy (non-hydrogen) atoms. The molecule has 6 heteroatoms. The molecule has 0 bridgehead atoms. The second-order valence-electron chi connectivity index (χ2n) is 5.73. The van der Waals surface area contributed by atoms with E-state index in [4.69, 9.17) is 9.15 Å². The van der Waals surface area contributed by atoms with Gasteiger partial charge in [-0.1, -0.05) is 12.1 Å². The Balaban J connectivity index is 1.74. The molecule has 2 rings (SSSR count). The van der Waals surface area contributed by atoms with E-state index in [-0.39, 0.29) is 12.1 Å². The van der Waals surface area contributed by atoms with Crippen LogP contribution in [0.4, 0.5) is 4.79 Å². The van der Waals surface area contributed by atoms with Crippen molar-refractivity contribution in [1.82, 2.24) is 15.5 Å². The van der Waals surface area contributed by atoms with Gasteiger partial charge in [-0.3, -0.25) is 4.90 Å². The first-order valence-electron chi connectivity index (χ1n) is 7.94. The largest absolute Gasteiger partial charge is 0.497 e. The Morgan fingerprint density at radius 1 is 1.25 bits per heavy atom. The Morgan fingerprint density at radius 2 is 2.08 bits per heavy atom. The predicted molar refractivity (Wildman–Crippen MR) is 93.2 cm³/mol. The summed E-state index contributed by atoms with van der Waals surface area (Å²) >= 11 is 0. The first-order valence-corrected chi connectivity index (χ1v) is 7.94. The standard InChI is InChI=1S/C18H25N3O3/c1-21(2)16(17-8-5-11-24-17)13-20-18(22)19-10-9-14-6-4-7-15(12-14)23-3/h4-8,11-12,16H,9-10,13H2,1-3H3,(H2,19,20,22). The number of rotatable bonds is 8. The summed E-state index contributed by atoms with van der Waals surface area (Å²) in [5.41, 5.74) is 1.12. The number of carbonyl (C=O) groups excluding carboxylic acids is 1. The van der Waals surface area contributed by atoms with Crippen LogP contribution in [0.25, 0.3) is 0 Å². The van der Waals surface area contributed by atoms with Crippen LogP contribution in [0.5, 0.6) is 5.75 Å². The number of nitrogens with zero attached hydrogens (tertiary/aromatic N) is 1. The highest BCUT2D eigenvalue weighted by atomic mass is 16.5. The molecule has 0 fully saturated rings. The van der Waals surface area contributed by atoms with E-state index in [2.05, 4.69) is 10.6 Å². The molecule has 1 heterocycles. The van der Waals surface area contributed by atoms with Gasteiger partial charge in [0.25, 0.3) is 0 Å². The minimum atomic E-state index is -0.184. The Hall–Kier alpha value is -2.47. The molecule has 0 saturated carbocycles. The van der Waals surface area contributed by atoms with E-state index < -0.39 is 0 Å². The molecule has 0 aliphatic carbocycles. The summed E-state index contributed by atoms with van der Waals surface area (Å²) in [5, 5.41) is 5.75. The molecular weight excluding hydrogens is 306 g/mol. The van der Waals surface area contributed by atoms with Crippen molar-refractivity contribution in [1.29, 1.82) is 0 Å². The van der Waals surface area contributed by atoms with E-state index in [1.807, 2.05) is 55.4 Å². The minimum Gasteiger partial charge on any atom is -0.497 e. The molecule has 130 valence electrons. The van der Waals surface area contributed by atoms with Crippen LogP contribution >= 0.6 is 0 Å². The van der Waals surface area contributed by atoms with Gasteiger partial charge in [0.2, 0.25) is 0 Å². The van der Waals surface area contributed by atoms with Gasteiger partial charge >= 0.3 is 6.03 Å². The number of nitrogens with one attached hydrogen (secondary N) is 2. The van der Waals surface area contributed by atoms with Crippen molar-refractivity contribution in [2.24, 2.45) is 0 Å². The maximum atomic E-state index is 12.0. The molecule has 0 radical (unpaired) electrons. The minimum absolute atomic E-state index is 0.00383. The van der Waals surface area contributed by atoms with Crippen LogP contribution in [-0.2, 0) is 6.42 Å². The van der Waals surface area contributed by atoms with E-state index in [1.165, 1.54) is 0 Å². The summed E-state index contributed by atoms with van der Waals surface area (Å²) < 4.78 is 10.6. The van der Waals surface area contributed by atoms with Gasteiger partial charge in [0.15, 0.2) is 0 Å². The number of likely N-dealkylation sites (N-methyl/N-ethyl adjacent to an activating group) is 1. The second kappa shape index (κ2) is 8.98. The third kappa shape index (κ3) is 5.31. The lowest BCUT2D eigenvalue weighted by Gasteiger charge is -2.22. The molecule has 2 amide bonds. The molecule has 0 aliphatic rings. The summed E-state index contributed by atoms with van der Waals surface area (Å²) in [6.07, 6.45) is 2.39. The molecule has 0 saturated heterocycles. The highest BCUT2D eigenvalue weighted by Crippen LogP contribution is 2.17. The van der Waals surface area contributed by atoms with Gasteiger partial charge in [-0.25, -0.2) is 4.79 Å². The topological polar surface area (TPSA) is 66.7 Å². The van der Waals surface area contributed by atoms with Crippen LogP contribution in [0.3, 0.4) is 0 Å². The van der Waals surface area contributed by atoms with E-state index in [0.29, 0.717) is 13.1 Å². The molecule has 1 aromatic carbocycles. The van der Waals surface area contributed by atoms with E-state index in [0.717, 1.165) is 23.5 Å². The summed E-state index contributed by atoms with van der Waals surface area (Å²) in [5.74, 6) is 1.65. The number of ether oxygens (including phenoxy) is 1. The Morgan fingerprint density at radius 3 is 2.75 bits per heavy atom. The molecule has 1 atom stereocenters. The van der Waals surface area contributed by atoms with Crippen molar-refractivity contribution in [3.63, 3.8) is 0 Å². The third-order valence-corrected chi connectivity index (χ3v) is 3.78. The van der Waals surface area contributed by atoms with Gasteiger partial charge in [-0.15, -0.1) is 0 Å². The number of carbonyl (C=O) groups is 1. The maximum Gasteiger partial charge on any atom is 0.314 e. The number of furan rings is 1. The number of hydrogen-bond donors (Lipinski definition) is 2. The molecule has 6 nitrogen and oxygen atoms in total. The predicted octanol–water partition coefficient (Wildman–Crippen LogP) is 2.43. The zero-order valence-electron chi connectivity index (χ0n) is 14.4. The quantitative estimate of drug-likeness (QED) is 0.780. The van der Waals surface area contributed by atoms with Crippen LogP contribution in [0.2, 0.25) is 0 Å². The van der Waals surface area contributed by atoms with Crippen molar-refractivity contribution >= 4 is 6.03 Å². The lowest BCUT2D eigenvalue weighted by Crippen LogP contribution is -2.41. The second-order valence-corrected chi connectivity index (χ2v) is 5.73. The van der Waals surface area contributed by atoms with Gasteiger partial charge in [-0.05, 0) is 50.3 Å². The van der Waals surface area contributed by atoms with Gasteiger partial charge in [0.1, 0.15) is 11.5 Å². The number of benzene rings is 1. The summed E-state index contributed by atoms with van der Waals surface area (Å²) in [6.45, 7) is 1.04.